The topological polar surface area (TPSA) is 65.9 Å². The Bertz CT molecular complexity index is 601. The van der Waals surface area contributed by atoms with Crippen molar-refractivity contribution in [3.05, 3.63) is 5.53 Å². The number of rotatable bonds is 4. The van der Waals surface area contributed by atoms with Crippen molar-refractivity contribution in [2.24, 2.45) is 17.8 Å². The molecule has 5 heteroatoms. The fourth-order valence-corrected chi connectivity index (χ4v) is 6.27. The van der Waals surface area contributed by atoms with Crippen molar-refractivity contribution >= 4 is 11.7 Å². The van der Waals surface area contributed by atoms with Crippen LogP contribution < -0.4 is 0 Å². The Morgan fingerprint density at radius 3 is 2.37 bits per heavy atom. The van der Waals surface area contributed by atoms with Gasteiger partial charge in [-0.2, -0.15) is 4.79 Å². The van der Waals surface area contributed by atoms with Crippen molar-refractivity contribution in [3.8, 4) is 0 Å². The van der Waals surface area contributed by atoms with Gasteiger partial charge in [-0.25, -0.2) is 4.79 Å². The molecule has 4 fully saturated rings. The minimum absolute atomic E-state index is 0.0715. The van der Waals surface area contributed by atoms with Gasteiger partial charge in [-0.1, -0.05) is 45.4 Å². The van der Waals surface area contributed by atoms with E-state index < -0.39 is 0 Å². The van der Waals surface area contributed by atoms with Crippen LogP contribution in [0.1, 0.15) is 84.0 Å². The molecule has 2 heterocycles. The van der Waals surface area contributed by atoms with Gasteiger partial charge in [0.1, 0.15) is 5.60 Å². The molecule has 4 rings (SSSR count). The van der Waals surface area contributed by atoms with Gasteiger partial charge in [0, 0.05) is 12.5 Å². The first-order valence-corrected chi connectivity index (χ1v) is 11.3. The Morgan fingerprint density at radius 2 is 1.70 bits per heavy atom. The maximum atomic E-state index is 13.1. The molecule has 0 aromatic heterocycles. The SMILES string of the molecule is CC1CCC([C@@]2(OC(=O)C(=[N+]=[N-])C3CCCCC3)CN3CCCC[C@@H]32)CC1. The molecule has 2 saturated heterocycles. The lowest BCUT2D eigenvalue weighted by Crippen LogP contribution is -2.75. The van der Waals surface area contributed by atoms with Crippen LogP contribution in [-0.4, -0.2) is 46.1 Å². The van der Waals surface area contributed by atoms with Gasteiger partial charge in [-0.05, 0) is 51.0 Å². The monoisotopic (exact) mass is 373 g/mol. The van der Waals surface area contributed by atoms with E-state index in [0.717, 1.165) is 64.0 Å². The number of piperidine rings is 1. The zero-order chi connectivity index (χ0) is 18.9. The third kappa shape index (κ3) is 3.61. The first kappa shape index (κ1) is 19.1. The second-order valence-electron chi connectivity index (χ2n) is 9.60. The van der Waals surface area contributed by atoms with Crippen molar-refractivity contribution in [2.75, 3.05) is 13.1 Å². The molecule has 27 heavy (non-hydrogen) atoms. The summed E-state index contributed by atoms with van der Waals surface area (Å²) in [4.78, 5) is 19.1. The molecule has 2 aliphatic carbocycles. The van der Waals surface area contributed by atoms with Crippen LogP contribution in [0.4, 0.5) is 0 Å². The predicted octanol–water partition coefficient (Wildman–Crippen LogP) is 4.21. The number of carbonyl (C=O) groups excluding carboxylic acids is 1. The van der Waals surface area contributed by atoms with E-state index in [0.29, 0.717) is 12.0 Å². The molecule has 4 aliphatic rings. The van der Waals surface area contributed by atoms with Crippen LogP contribution in [0.5, 0.6) is 0 Å². The summed E-state index contributed by atoms with van der Waals surface area (Å²) in [5.74, 6) is 0.979. The first-order valence-electron chi connectivity index (χ1n) is 11.3. The van der Waals surface area contributed by atoms with Gasteiger partial charge >= 0.3 is 11.7 Å². The van der Waals surface area contributed by atoms with Gasteiger partial charge in [-0.15, -0.1) is 0 Å². The van der Waals surface area contributed by atoms with Gasteiger partial charge < -0.3 is 10.3 Å². The van der Waals surface area contributed by atoms with Crippen LogP contribution in [0.3, 0.4) is 0 Å². The molecule has 150 valence electrons. The average molecular weight is 374 g/mol. The summed E-state index contributed by atoms with van der Waals surface area (Å²) in [6.45, 7) is 4.35. The lowest BCUT2D eigenvalue weighted by molar-refractivity contribution is -0.226. The number of fused-ring (bicyclic) bond motifs is 1. The molecular weight excluding hydrogens is 338 g/mol. The molecule has 5 nitrogen and oxygen atoms in total. The third-order valence-electron chi connectivity index (χ3n) is 7.93. The standard InChI is InChI=1S/C22H35N3O2/c1-16-10-12-18(13-11-16)22(15-25-14-6-5-9-19(22)25)27-21(26)20(24-23)17-7-3-2-4-8-17/h16-19H,2-15H2,1H3/t16?,18?,19-,22+/m1/s1. The van der Waals surface area contributed by atoms with Crippen LogP contribution in [0.2, 0.25) is 0 Å². The van der Waals surface area contributed by atoms with Crippen molar-refractivity contribution in [1.82, 2.24) is 4.90 Å². The van der Waals surface area contributed by atoms with E-state index in [2.05, 4.69) is 16.6 Å². The van der Waals surface area contributed by atoms with E-state index in [1.807, 2.05) is 0 Å². The van der Waals surface area contributed by atoms with Crippen LogP contribution in [0.15, 0.2) is 0 Å². The van der Waals surface area contributed by atoms with Gasteiger partial charge in [0.15, 0.2) is 0 Å². The van der Waals surface area contributed by atoms with Crippen molar-refractivity contribution in [2.45, 2.75) is 95.6 Å². The minimum atomic E-state index is -0.345. The summed E-state index contributed by atoms with van der Waals surface area (Å²) in [6.07, 6.45) is 13.7. The summed E-state index contributed by atoms with van der Waals surface area (Å²) in [5, 5.41) is 0. The molecule has 0 aromatic rings. The van der Waals surface area contributed by atoms with Crippen LogP contribution in [0, 0.1) is 17.8 Å². The number of ether oxygens (including phenoxy) is 1. The number of esters is 1. The molecule has 2 saturated carbocycles. The van der Waals surface area contributed by atoms with E-state index in [4.69, 9.17) is 4.74 Å². The maximum Gasteiger partial charge on any atom is 0.417 e. The zero-order valence-electron chi connectivity index (χ0n) is 16.9. The molecule has 2 aliphatic heterocycles. The summed E-state index contributed by atoms with van der Waals surface area (Å²) < 4.78 is 6.35. The second-order valence-corrected chi connectivity index (χ2v) is 9.60. The van der Waals surface area contributed by atoms with E-state index in [1.165, 1.54) is 32.1 Å². The van der Waals surface area contributed by atoms with Gasteiger partial charge in [0.2, 0.25) is 0 Å². The lowest BCUT2D eigenvalue weighted by atomic mass is 9.64. The Labute approximate surface area is 163 Å². The Kier molecular flexibility index (Phi) is 5.70. The zero-order valence-corrected chi connectivity index (χ0v) is 16.9. The fraction of sp³-hybridized carbons (Fsp3) is 0.909. The van der Waals surface area contributed by atoms with E-state index in [-0.39, 0.29) is 23.2 Å². The van der Waals surface area contributed by atoms with Gasteiger partial charge in [0.05, 0.1) is 12.0 Å². The Hall–Kier alpha value is -1.19. The Morgan fingerprint density at radius 1 is 1.00 bits per heavy atom. The van der Waals surface area contributed by atoms with Crippen molar-refractivity contribution < 1.29 is 14.3 Å². The highest BCUT2D eigenvalue weighted by atomic mass is 16.6. The van der Waals surface area contributed by atoms with Gasteiger partial charge in [0.25, 0.3) is 0 Å². The van der Waals surface area contributed by atoms with Crippen LogP contribution in [-0.2, 0) is 9.53 Å². The molecule has 0 N–H and O–H groups in total. The fourth-order valence-electron chi connectivity index (χ4n) is 6.27. The maximum absolute atomic E-state index is 13.1. The highest BCUT2D eigenvalue weighted by Crippen LogP contribution is 2.49. The number of carbonyl (C=O) groups is 1. The summed E-state index contributed by atoms with van der Waals surface area (Å²) in [6, 6.07) is 0.375. The summed E-state index contributed by atoms with van der Waals surface area (Å²) in [5.41, 5.74) is 9.53. The number of hydrogen-bond acceptors (Lipinski definition) is 3. The predicted molar refractivity (Wildman–Crippen MR) is 104 cm³/mol. The molecule has 2 atom stereocenters. The molecular formula is C22H35N3O2. The smallest absolute Gasteiger partial charge is 0.417 e. The lowest BCUT2D eigenvalue weighted by Gasteiger charge is -2.62. The highest BCUT2D eigenvalue weighted by Gasteiger charge is 2.61. The van der Waals surface area contributed by atoms with Crippen molar-refractivity contribution in [3.63, 3.8) is 0 Å². The van der Waals surface area contributed by atoms with Crippen molar-refractivity contribution in [1.29, 1.82) is 0 Å². The number of nitrogens with zero attached hydrogens (tertiary/aromatic N) is 3. The minimum Gasteiger partial charge on any atom is -0.447 e. The Balaban J connectivity index is 1.52. The third-order valence-corrected chi connectivity index (χ3v) is 7.93. The average Bonchev–Trinajstić information content (AvgIpc) is 2.68. The van der Waals surface area contributed by atoms with E-state index in [9.17, 15) is 10.3 Å². The molecule has 0 bridgehead atoms. The molecule has 0 aromatic carbocycles. The first-order chi connectivity index (χ1) is 13.1. The molecule has 0 unspecified atom stereocenters. The van der Waals surface area contributed by atoms with Crippen LogP contribution >= 0.6 is 0 Å². The van der Waals surface area contributed by atoms with E-state index in [1.54, 1.807) is 0 Å². The highest BCUT2D eigenvalue weighted by molar-refractivity contribution is 6.34. The molecule has 0 amide bonds. The largest absolute Gasteiger partial charge is 0.447 e. The molecule has 0 radical (unpaired) electrons. The summed E-state index contributed by atoms with van der Waals surface area (Å²) >= 11 is 0. The normalized spacial score (nSPS) is 37.6. The summed E-state index contributed by atoms with van der Waals surface area (Å²) in [7, 11) is 0. The van der Waals surface area contributed by atoms with Gasteiger partial charge in [-0.3, -0.25) is 4.90 Å². The quantitative estimate of drug-likeness (QED) is 0.321. The van der Waals surface area contributed by atoms with Crippen LogP contribution in [0.25, 0.3) is 5.53 Å². The number of hydrogen-bond donors (Lipinski definition) is 0. The van der Waals surface area contributed by atoms with E-state index >= 15 is 0 Å². The molecule has 0 spiro atoms. The second kappa shape index (κ2) is 8.05.